The Hall–Kier alpha value is 4.42. The van der Waals surface area contributed by atoms with Gasteiger partial charge < -0.3 is 13.8 Å². The molecule has 8 heavy (non-hydrogen) atoms. The Morgan fingerprint density at radius 3 is 0.750 bits per heavy atom. The average Bonchev–Trinajstić information content (AvgIpc) is 1.37. The van der Waals surface area contributed by atoms with Crippen LogP contribution in [0.4, 0.5) is 0 Å². The first-order valence-corrected chi connectivity index (χ1v) is 1.50. The average molecular weight is 412 g/mol. The van der Waals surface area contributed by atoms with Gasteiger partial charge in [0.15, 0.2) is 0 Å². The predicted octanol–water partition coefficient (Wildman–Crippen LogP) is 1.42. The van der Waals surface area contributed by atoms with Crippen LogP contribution in [-0.4, -0.2) is 0 Å². The van der Waals surface area contributed by atoms with Crippen molar-refractivity contribution in [1.29, 1.82) is 0 Å². The molecule has 0 unspecified atom stereocenters. The van der Waals surface area contributed by atoms with Crippen LogP contribution in [0.25, 0.3) is 0 Å². The van der Waals surface area contributed by atoms with Gasteiger partial charge in [-0.25, -0.2) is 12.8 Å². The van der Waals surface area contributed by atoms with Crippen LogP contribution in [-0.2, 0) is 131 Å². The van der Waals surface area contributed by atoms with Crippen LogP contribution in [0.15, 0.2) is 0 Å². The Morgan fingerprint density at radius 2 is 0.750 bits per heavy atom. The van der Waals surface area contributed by atoms with Gasteiger partial charge in [-0.2, -0.15) is 0 Å². The SMILES string of the molecule is [CH2-]CC[CH2-].[Y].[Y].[Y].[Y]. The first kappa shape index (κ1) is 29.4. The molecule has 0 nitrogen and oxygen atoms in total. The van der Waals surface area contributed by atoms with Crippen molar-refractivity contribution in [3.63, 3.8) is 0 Å². The minimum Gasteiger partial charge on any atom is -0.346 e. The molecule has 0 saturated heterocycles. The van der Waals surface area contributed by atoms with E-state index in [0.29, 0.717) is 0 Å². The molecule has 0 aromatic heterocycles. The Bertz CT molecular complexity index is 10.0. The van der Waals surface area contributed by atoms with E-state index in [0.717, 1.165) is 12.8 Å². The van der Waals surface area contributed by atoms with Crippen molar-refractivity contribution in [2.24, 2.45) is 0 Å². The summed E-state index contributed by atoms with van der Waals surface area (Å²) in [4.78, 5) is 0. The smallest absolute Gasteiger partial charge is 0 e. The number of hydrogen-bond donors (Lipinski definition) is 0. The van der Waals surface area contributed by atoms with Crippen molar-refractivity contribution in [3.05, 3.63) is 13.8 Å². The van der Waals surface area contributed by atoms with Gasteiger partial charge in [-0.3, -0.25) is 0 Å². The van der Waals surface area contributed by atoms with E-state index in [1.807, 2.05) is 0 Å². The summed E-state index contributed by atoms with van der Waals surface area (Å²) in [6.07, 6.45) is 1.92. The van der Waals surface area contributed by atoms with Crippen molar-refractivity contribution in [2.75, 3.05) is 0 Å². The zero-order chi connectivity index (χ0) is 3.41. The largest absolute Gasteiger partial charge is 0.346 e. The van der Waals surface area contributed by atoms with Gasteiger partial charge >= 0.3 is 0 Å². The number of hydrogen-bond acceptors (Lipinski definition) is 0. The molecular weight excluding hydrogens is 404 g/mol. The fourth-order valence-electron chi connectivity index (χ4n) is 0. The van der Waals surface area contributed by atoms with Crippen molar-refractivity contribution in [2.45, 2.75) is 12.8 Å². The van der Waals surface area contributed by atoms with Crippen LogP contribution >= 0.6 is 0 Å². The van der Waals surface area contributed by atoms with E-state index in [9.17, 15) is 0 Å². The van der Waals surface area contributed by atoms with Gasteiger partial charge in [0.1, 0.15) is 0 Å². The fraction of sp³-hybridized carbons (Fsp3) is 0.500. The second-order valence-corrected chi connectivity index (χ2v) is 0.707. The molecule has 0 heterocycles. The standard InChI is InChI=1S/C4H8.4Y/c1-3-4-2;;;;/h1-4H2;;;;/q-2;;;;. The van der Waals surface area contributed by atoms with E-state index in [4.69, 9.17) is 0 Å². The molecule has 38 valence electrons. The summed E-state index contributed by atoms with van der Waals surface area (Å²) >= 11 is 0. The van der Waals surface area contributed by atoms with E-state index in [-0.39, 0.29) is 131 Å². The molecule has 0 spiro atoms. The molecule has 4 radical (unpaired) electrons. The summed E-state index contributed by atoms with van der Waals surface area (Å²) in [6, 6.07) is 0. The van der Waals surface area contributed by atoms with Crippen molar-refractivity contribution < 1.29 is 131 Å². The fourth-order valence-corrected chi connectivity index (χ4v) is 0. The third-order valence-electron chi connectivity index (χ3n) is 0.250. The van der Waals surface area contributed by atoms with Gasteiger partial charge in [0, 0.05) is 131 Å². The first-order valence-electron chi connectivity index (χ1n) is 1.50. The quantitative estimate of drug-likeness (QED) is 0.573. The molecule has 0 aromatic rings. The maximum Gasteiger partial charge on any atom is 0 e. The zero-order valence-electron chi connectivity index (χ0n) is 5.14. The van der Waals surface area contributed by atoms with Crippen LogP contribution in [0.5, 0.6) is 0 Å². The molecule has 0 aliphatic rings. The zero-order valence-corrected chi connectivity index (χ0v) is 16.5. The third-order valence-corrected chi connectivity index (χ3v) is 0.250. The Morgan fingerprint density at radius 1 is 0.625 bits per heavy atom. The first-order chi connectivity index (χ1) is 1.91. The van der Waals surface area contributed by atoms with Crippen LogP contribution in [0.2, 0.25) is 0 Å². The molecule has 0 aromatic carbocycles. The van der Waals surface area contributed by atoms with Crippen LogP contribution in [0.1, 0.15) is 12.8 Å². The topological polar surface area (TPSA) is 0 Å². The van der Waals surface area contributed by atoms with E-state index < -0.39 is 0 Å². The Balaban J connectivity index is -0.00000000750. The van der Waals surface area contributed by atoms with Crippen LogP contribution in [0.3, 0.4) is 0 Å². The second-order valence-electron chi connectivity index (χ2n) is 0.707. The van der Waals surface area contributed by atoms with E-state index in [1.54, 1.807) is 0 Å². The minimum atomic E-state index is 0. The molecule has 4 heteroatoms. The summed E-state index contributed by atoms with van der Waals surface area (Å²) in [5, 5.41) is 0. The van der Waals surface area contributed by atoms with Crippen LogP contribution < -0.4 is 0 Å². The van der Waals surface area contributed by atoms with Gasteiger partial charge in [0.05, 0.1) is 0 Å². The van der Waals surface area contributed by atoms with E-state index >= 15 is 0 Å². The Labute approximate surface area is 153 Å². The predicted molar refractivity (Wildman–Crippen MR) is 19.9 cm³/mol. The summed E-state index contributed by atoms with van der Waals surface area (Å²) < 4.78 is 0. The molecule has 0 N–H and O–H groups in total. The van der Waals surface area contributed by atoms with Gasteiger partial charge in [0.25, 0.3) is 0 Å². The maximum absolute atomic E-state index is 3.54. The molecule has 0 fully saturated rings. The Kier molecular flexibility index (Phi) is 111. The molecule has 0 amide bonds. The van der Waals surface area contributed by atoms with Crippen molar-refractivity contribution in [1.82, 2.24) is 0 Å². The molecule has 0 bridgehead atoms. The number of rotatable bonds is 1. The van der Waals surface area contributed by atoms with Gasteiger partial charge in [-0.15, -0.1) is 0 Å². The molecular formula is C4H8Y4-2. The van der Waals surface area contributed by atoms with Crippen molar-refractivity contribution in [3.8, 4) is 0 Å². The van der Waals surface area contributed by atoms with Crippen LogP contribution in [0, 0.1) is 13.8 Å². The van der Waals surface area contributed by atoms with Crippen molar-refractivity contribution >= 4 is 0 Å². The molecule has 0 rings (SSSR count). The third kappa shape index (κ3) is 31.5. The maximum atomic E-state index is 3.54. The molecule has 0 aliphatic heterocycles. The van der Waals surface area contributed by atoms with Gasteiger partial charge in [-0.1, -0.05) is 0 Å². The summed E-state index contributed by atoms with van der Waals surface area (Å²) in [5.74, 6) is 0. The van der Waals surface area contributed by atoms with E-state index in [2.05, 4.69) is 13.8 Å². The minimum absolute atomic E-state index is 0. The number of unbranched alkanes of at least 4 members (excludes halogenated alkanes) is 1. The normalized spacial score (nSPS) is 3.75. The molecule has 0 aliphatic carbocycles. The monoisotopic (exact) mass is 412 g/mol. The van der Waals surface area contributed by atoms with Gasteiger partial charge in [-0.05, 0) is 0 Å². The summed E-state index contributed by atoms with van der Waals surface area (Å²) in [6.45, 7) is 7.08. The molecule has 0 atom stereocenters. The molecule has 0 saturated carbocycles. The van der Waals surface area contributed by atoms with E-state index in [1.165, 1.54) is 0 Å². The summed E-state index contributed by atoms with van der Waals surface area (Å²) in [5.41, 5.74) is 0. The second kappa shape index (κ2) is 30.1. The van der Waals surface area contributed by atoms with Gasteiger partial charge in [0.2, 0.25) is 0 Å². The summed E-state index contributed by atoms with van der Waals surface area (Å²) in [7, 11) is 0.